The molecule has 2 aromatic rings. The van der Waals surface area contributed by atoms with Crippen molar-refractivity contribution in [1.82, 2.24) is 0 Å². The molecule has 0 radical (unpaired) electrons. The summed E-state index contributed by atoms with van der Waals surface area (Å²) in [6, 6.07) is 10.7. The van der Waals surface area contributed by atoms with Gasteiger partial charge in [-0.05, 0) is 40.2 Å². The molecule has 0 saturated carbocycles. The molecule has 0 aliphatic carbocycles. The summed E-state index contributed by atoms with van der Waals surface area (Å²) in [6.07, 6.45) is 0. The Kier molecular flexibility index (Phi) is 4.70. The molecule has 0 heterocycles. The molecular formula is C15H15BrN2O3. The molecule has 110 valence electrons. The van der Waals surface area contributed by atoms with Gasteiger partial charge in [-0.2, -0.15) is 0 Å². The minimum atomic E-state index is -0.468. The largest absolute Gasteiger partial charge is 0.495 e. The van der Waals surface area contributed by atoms with Crippen LogP contribution in [-0.2, 0) is 4.74 Å². The molecule has 21 heavy (non-hydrogen) atoms. The van der Waals surface area contributed by atoms with E-state index >= 15 is 0 Å². The minimum Gasteiger partial charge on any atom is -0.495 e. The molecule has 0 aliphatic heterocycles. The number of nitrogen functional groups attached to an aromatic ring is 1. The number of esters is 1. The van der Waals surface area contributed by atoms with E-state index in [-0.39, 0.29) is 0 Å². The van der Waals surface area contributed by atoms with Crippen LogP contribution in [-0.4, -0.2) is 20.2 Å². The van der Waals surface area contributed by atoms with Crippen molar-refractivity contribution >= 4 is 39.0 Å². The van der Waals surface area contributed by atoms with E-state index in [0.717, 1.165) is 10.2 Å². The second-order valence-corrected chi connectivity index (χ2v) is 5.09. The molecule has 0 saturated heterocycles. The van der Waals surface area contributed by atoms with Crippen molar-refractivity contribution in [3.05, 3.63) is 46.4 Å². The van der Waals surface area contributed by atoms with Gasteiger partial charge >= 0.3 is 5.97 Å². The molecular weight excluding hydrogens is 336 g/mol. The molecule has 0 amide bonds. The maximum Gasteiger partial charge on any atom is 0.340 e. The molecule has 3 N–H and O–H groups in total. The van der Waals surface area contributed by atoms with Crippen LogP contribution < -0.4 is 15.8 Å². The summed E-state index contributed by atoms with van der Waals surface area (Å²) in [5.41, 5.74) is 8.09. The Morgan fingerprint density at radius 1 is 1.24 bits per heavy atom. The first kappa shape index (κ1) is 15.2. The van der Waals surface area contributed by atoms with E-state index in [1.165, 1.54) is 7.11 Å². The highest BCUT2D eigenvalue weighted by molar-refractivity contribution is 9.10. The zero-order valence-corrected chi connectivity index (χ0v) is 13.2. The Morgan fingerprint density at radius 3 is 2.67 bits per heavy atom. The van der Waals surface area contributed by atoms with Gasteiger partial charge in [-0.1, -0.05) is 6.07 Å². The number of carbonyl (C=O) groups excluding carboxylic acids is 1. The highest BCUT2D eigenvalue weighted by atomic mass is 79.9. The SMILES string of the molecule is COC(=O)c1cccc(Nc2ccc(Br)c(OC)c2)c1N. The lowest BCUT2D eigenvalue weighted by Crippen LogP contribution is -2.07. The molecule has 2 aromatic carbocycles. The highest BCUT2D eigenvalue weighted by Crippen LogP contribution is 2.31. The maximum atomic E-state index is 11.6. The third-order valence-corrected chi connectivity index (χ3v) is 3.60. The molecule has 6 heteroatoms. The number of hydrogen-bond donors (Lipinski definition) is 2. The third kappa shape index (κ3) is 3.28. The number of rotatable bonds is 4. The van der Waals surface area contributed by atoms with Crippen molar-refractivity contribution in [3.63, 3.8) is 0 Å². The number of carbonyl (C=O) groups is 1. The van der Waals surface area contributed by atoms with Crippen LogP contribution in [0.25, 0.3) is 0 Å². The quantitative estimate of drug-likeness (QED) is 0.651. The first-order valence-electron chi connectivity index (χ1n) is 6.14. The van der Waals surface area contributed by atoms with Crippen LogP contribution >= 0.6 is 15.9 Å². The summed E-state index contributed by atoms with van der Waals surface area (Å²) in [5.74, 6) is 0.229. The topological polar surface area (TPSA) is 73.6 Å². The van der Waals surface area contributed by atoms with Crippen LogP contribution in [0.15, 0.2) is 40.9 Å². The molecule has 0 aliphatic rings. The first-order chi connectivity index (χ1) is 10.1. The fourth-order valence-corrected chi connectivity index (χ4v) is 2.26. The normalized spacial score (nSPS) is 10.0. The van der Waals surface area contributed by atoms with Crippen LogP contribution in [0.4, 0.5) is 17.1 Å². The van der Waals surface area contributed by atoms with Gasteiger partial charge in [0, 0.05) is 11.8 Å². The maximum absolute atomic E-state index is 11.6. The van der Waals surface area contributed by atoms with Crippen molar-refractivity contribution in [1.29, 1.82) is 0 Å². The second kappa shape index (κ2) is 6.49. The number of para-hydroxylation sites is 1. The number of nitrogens with two attached hydrogens (primary N) is 1. The zero-order valence-electron chi connectivity index (χ0n) is 11.6. The van der Waals surface area contributed by atoms with E-state index in [9.17, 15) is 4.79 Å². The van der Waals surface area contributed by atoms with Crippen molar-refractivity contribution in [2.45, 2.75) is 0 Å². The molecule has 0 bridgehead atoms. The lowest BCUT2D eigenvalue weighted by Gasteiger charge is -2.13. The van der Waals surface area contributed by atoms with Gasteiger partial charge in [0.1, 0.15) is 5.75 Å². The summed E-state index contributed by atoms with van der Waals surface area (Å²) in [6.45, 7) is 0. The van der Waals surface area contributed by atoms with Gasteiger partial charge in [0.2, 0.25) is 0 Å². The summed E-state index contributed by atoms with van der Waals surface area (Å²) >= 11 is 3.39. The standard InChI is InChI=1S/C15H15BrN2O3/c1-20-13-8-9(6-7-11(13)16)18-12-5-3-4-10(14(12)17)15(19)21-2/h3-8,18H,17H2,1-2H3. The predicted molar refractivity (Wildman–Crippen MR) is 86.2 cm³/mol. The molecule has 0 unspecified atom stereocenters. The number of hydrogen-bond acceptors (Lipinski definition) is 5. The summed E-state index contributed by atoms with van der Waals surface area (Å²) in [4.78, 5) is 11.6. The van der Waals surface area contributed by atoms with Gasteiger partial charge in [0.25, 0.3) is 0 Å². The molecule has 0 atom stereocenters. The molecule has 0 spiro atoms. The number of halogens is 1. The number of anilines is 3. The van der Waals surface area contributed by atoms with Crippen LogP contribution in [0.5, 0.6) is 5.75 Å². The molecule has 0 aromatic heterocycles. The van der Waals surface area contributed by atoms with E-state index in [1.807, 2.05) is 18.2 Å². The van der Waals surface area contributed by atoms with Crippen molar-refractivity contribution in [3.8, 4) is 5.75 Å². The van der Waals surface area contributed by atoms with E-state index in [4.69, 9.17) is 15.2 Å². The average Bonchev–Trinajstić information content (AvgIpc) is 2.50. The monoisotopic (exact) mass is 350 g/mol. The number of benzene rings is 2. The van der Waals surface area contributed by atoms with E-state index in [0.29, 0.717) is 22.7 Å². The second-order valence-electron chi connectivity index (χ2n) is 4.23. The van der Waals surface area contributed by atoms with Crippen molar-refractivity contribution in [2.24, 2.45) is 0 Å². The summed E-state index contributed by atoms with van der Waals surface area (Å²) in [5, 5.41) is 3.16. The molecule has 0 fully saturated rings. The van der Waals surface area contributed by atoms with Crippen LogP contribution in [0.2, 0.25) is 0 Å². The van der Waals surface area contributed by atoms with Crippen LogP contribution in [0.3, 0.4) is 0 Å². The fraction of sp³-hybridized carbons (Fsp3) is 0.133. The van der Waals surface area contributed by atoms with Gasteiger partial charge in [-0.15, -0.1) is 0 Å². The van der Waals surface area contributed by atoms with Gasteiger partial charge in [0.05, 0.1) is 35.6 Å². The lowest BCUT2D eigenvalue weighted by molar-refractivity contribution is 0.0602. The Morgan fingerprint density at radius 2 is 2.00 bits per heavy atom. The van der Waals surface area contributed by atoms with E-state index < -0.39 is 5.97 Å². The third-order valence-electron chi connectivity index (χ3n) is 2.94. The zero-order chi connectivity index (χ0) is 15.4. The van der Waals surface area contributed by atoms with Gasteiger partial charge in [-0.3, -0.25) is 0 Å². The Bertz CT molecular complexity index is 674. The van der Waals surface area contributed by atoms with Crippen LogP contribution in [0, 0.1) is 0 Å². The van der Waals surface area contributed by atoms with E-state index in [1.54, 1.807) is 25.3 Å². The molecule has 5 nitrogen and oxygen atoms in total. The Labute approximate surface area is 131 Å². The first-order valence-corrected chi connectivity index (χ1v) is 6.93. The number of methoxy groups -OCH3 is 2. The smallest absolute Gasteiger partial charge is 0.340 e. The summed E-state index contributed by atoms with van der Waals surface area (Å²) in [7, 11) is 2.91. The van der Waals surface area contributed by atoms with Gasteiger partial charge in [-0.25, -0.2) is 4.79 Å². The Balaban J connectivity index is 2.34. The minimum absolute atomic E-state index is 0.326. The van der Waals surface area contributed by atoms with Gasteiger partial charge < -0.3 is 20.5 Å². The number of nitrogens with one attached hydrogen (secondary N) is 1. The highest BCUT2D eigenvalue weighted by Gasteiger charge is 2.13. The fourth-order valence-electron chi connectivity index (χ4n) is 1.86. The predicted octanol–water partition coefficient (Wildman–Crippen LogP) is 3.57. The Hall–Kier alpha value is -2.21. The van der Waals surface area contributed by atoms with E-state index in [2.05, 4.69) is 21.2 Å². The summed E-state index contributed by atoms with van der Waals surface area (Å²) < 4.78 is 10.8. The average molecular weight is 351 g/mol. The lowest BCUT2D eigenvalue weighted by atomic mass is 10.1. The van der Waals surface area contributed by atoms with Crippen LogP contribution in [0.1, 0.15) is 10.4 Å². The van der Waals surface area contributed by atoms with Crippen molar-refractivity contribution < 1.29 is 14.3 Å². The van der Waals surface area contributed by atoms with Crippen molar-refractivity contribution in [2.75, 3.05) is 25.3 Å². The number of ether oxygens (including phenoxy) is 2. The van der Waals surface area contributed by atoms with Gasteiger partial charge in [0.15, 0.2) is 0 Å². The molecule has 2 rings (SSSR count).